The molecule has 0 aliphatic rings. The van der Waals surface area contributed by atoms with Crippen LogP contribution in [0.25, 0.3) is 22.3 Å². The first-order valence-corrected chi connectivity index (χ1v) is 9.43. The molecule has 4 rings (SSSR count). The Morgan fingerprint density at radius 3 is 2.89 bits per heavy atom. The van der Waals surface area contributed by atoms with Gasteiger partial charge in [0, 0.05) is 34.0 Å². The molecule has 0 aliphatic heterocycles. The van der Waals surface area contributed by atoms with Crippen LogP contribution in [0.4, 0.5) is 0 Å². The van der Waals surface area contributed by atoms with Crippen LogP contribution in [0.5, 0.6) is 5.75 Å². The zero-order chi connectivity index (χ0) is 18.8. The standard InChI is InChI=1S/C20H18N4O2S/c1-12-6-7-17-16(8-12)18(25)10-14(21-17)11-27-20-22-19(23-24-20)13-4-3-5-15(9-13)26-2/h3-10H,11H2,1-2H3,(H,21,25)(H,22,23,24). The van der Waals surface area contributed by atoms with E-state index in [9.17, 15) is 4.79 Å². The van der Waals surface area contributed by atoms with E-state index in [1.54, 1.807) is 13.2 Å². The second-order valence-electron chi connectivity index (χ2n) is 6.20. The number of aryl methyl sites for hydroxylation is 1. The van der Waals surface area contributed by atoms with Gasteiger partial charge >= 0.3 is 0 Å². The van der Waals surface area contributed by atoms with Crippen LogP contribution in [0.15, 0.2) is 58.5 Å². The summed E-state index contributed by atoms with van der Waals surface area (Å²) in [6.07, 6.45) is 0. The molecule has 0 bridgehead atoms. The molecule has 0 amide bonds. The third kappa shape index (κ3) is 3.73. The lowest BCUT2D eigenvalue weighted by Gasteiger charge is -2.04. The van der Waals surface area contributed by atoms with Crippen molar-refractivity contribution in [2.45, 2.75) is 17.8 Å². The van der Waals surface area contributed by atoms with Crippen LogP contribution in [0.2, 0.25) is 0 Å². The number of hydrogen-bond donors (Lipinski definition) is 2. The van der Waals surface area contributed by atoms with Gasteiger partial charge in [-0.2, -0.15) is 0 Å². The van der Waals surface area contributed by atoms with E-state index in [1.165, 1.54) is 11.8 Å². The first-order chi connectivity index (χ1) is 13.1. The monoisotopic (exact) mass is 378 g/mol. The molecule has 0 saturated carbocycles. The van der Waals surface area contributed by atoms with Crippen molar-refractivity contribution in [2.24, 2.45) is 0 Å². The molecule has 2 heterocycles. The van der Waals surface area contributed by atoms with Crippen molar-refractivity contribution in [3.8, 4) is 17.1 Å². The number of nitrogens with zero attached hydrogens (tertiary/aromatic N) is 2. The molecule has 0 atom stereocenters. The maximum absolute atomic E-state index is 12.3. The lowest BCUT2D eigenvalue weighted by molar-refractivity contribution is 0.415. The van der Waals surface area contributed by atoms with Gasteiger partial charge < -0.3 is 9.72 Å². The minimum Gasteiger partial charge on any atom is -0.497 e. The number of hydrogen-bond acceptors (Lipinski definition) is 5. The van der Waals surface area contributed by atoms with Crippen molar-refractivity contribution >= 4 is 22.7 Å². The molecular formula is C20H18N4O2S. The molecule has 27 heavy (non-hydrogen) atoms. The average molecular weight is 378 g/mol. The summed E-state index contributed by atoms with van der Waals surface area (Å²) >= 11 is 1.46. The Kier molecular flexibility index (Phi) is 4.68. The summed E-state index contributed by atoms with van der Waals surface area (Å²) in [5, 5.41) is 8.53. The van der Waals surface area contributed by atoms with Crippen molar-refractivity contribution in [1.82, 2.24) is 20.2 Å². The number of aromatic nitrogens is 4. The molecule has 0 aliphatic carbocycles. The summed E-state index contributed by atoms with van der Waals surface area (Å²) in [5.41, 5.74) is 3.68. The van der Waals surface area contributed by atoms with Gasteiger partial charge in [0.15, 0.2) is 11.3 Å². The zero-order valence-corrected chi connectivity index (χ0v) is 15.8. The molecule has 4 aromatic rings. The summed E-state index contributed by atoms with van der Waals surface area (Å²) in [6.45, 7) is 1.98. The molecule has 0 fully saturated rings. The Balaban J connectivity index is 1.52. The fraction of sp³-hybridized carbons (Fsp3) is 0.150. The molecule has 0 unspecified atom stereocenters. The van der Waals surface area contributed by atoms with Crippen LogP contribution >= 0.6 is 11.8 Å². The second-order valence-corrected chi connectivity index (χ2v) is 7.14. The second kappa shape index (κ2) is 7.28. The highest BCUT2D eigenvalue weighted by Crippen LogP contribution is 2.24. The van der Waals surface area contributed by atoms with E-state index < -0.39 is 0 Å². The van der Waals surface area contributed by atoms with Crippen molar-refractivity contribution < 1.29 is 4.74 Å². The average Bonchev–Trinajstić information content (AvgIpc) is 3.16. The Morgan fingerprint density at radius 2 is 2.04 bits per heavy atom. The molecule has 0 saturated heterocycles. The van der Waals surface area contributed by atoms with Crippen LogP contribution in [0.3, 0.4) is 0 Å². The van der Waals surface area contributed by atoms with Crippen molar-refractivity contribution in [2.75, 3.05) is 7.11 Å². The topological polar surface area (TPSA) is 83.7 Å². The van der Waals surface area contributed by atoms with E-state index in [2.05, 4.69) is 20.2 Å². The zero-order valence-electron chi connectivity index (χ0n) is 14.9. The number of H-pyrrole nitrogens is 2. The van der Waals surface area contributed by atoms with Gasteiger partial charge in [-0.15, -0.1) is 5.10 Å². The summed E-state index contributed by atoms with van der Waals surface area (Å²) in [5.74, 6) is 2.02. The van der Waals surface area contributed by atoms with Crippen LogP contribution in [-0.2, 0) is 5.75 Å². The Hall–Kier alpha value is -3.06. The van der Waals surface area contributed by atoms with Gasteiger partial charge in [-0.05, 0) is 31.2 Å². The van der Waals surface area contributed by atoms with Crippen LogP contribution in [-0.4, -0.2) is 27.3 Å². The molecule has 7 heteroatoms. The summed E-state index contributed by atoms with van der Waals surface area (Å²) in [6, 6.07) is 15.1. The van der Waals surface area contributed by atoms with Gasteiger partial charge in [-0.3, -0.25) is 9.89 Å². The number of aromatic amines is 2. The Morgan fingerprint density at radius 1 is 1.15 bits per heavy atom. The lowest BCUT2D eigenvalue weighted by atomic mass is 10.1. The van der Waals surface area contributed by atoms with Crippen LogP contribution < -0.4 is 10.2 Å². The van der Waals surface area contributed by atoms with Crippen molar-refractivity contribution in [3.63, 3.8) is 0 Å². The summed E-state index contributed by atoms with van der Waals surface area (Å²) in [4.78, 5) is 20.2. The summed E-state index contributed by atoms with van der Waals surface area (Å²) in [7, 11) is 1.63. The number of rotatable bonds is 5. The fourth-order valence-electron chi connectivity index (χ4n) is 2.85. The third-order valence-electron chi connectivity index (χ3n) is 4.21. The van der Waals surface area contributed by atoms with Crippen LogP contribution in [0.1, 0.15) is 11.3 Å². The van der Waals surface area contributed by atoms with E-state index in [4.69, 9.17) is 4.74 Å². The third-order valence-corrected chi connectivity index (χ3v) is 5.10. The van der Waals surface area contributed by atoms with Crippen LogP contribution in [0, 0.1) is 6.92 Å². The SMILES string of the molecule is COc1cccc(-c2nc(SCc3cc(=O)c4cc(C)ccc4[nH]3)n[nH]2)c1. The maximum Gasteiger partial charge on any atom is 0.209 e. The van der Waals surface area contributed by atoms with Crippen molar-refractivity contribution in [3.05, 3.63) is 70.0 Å². The van der Waals surface area contributed by atoms with Gasteiger partial charge in [-0.1, -0.05) is 35.5 Å². The first-order valence-electron chi connectivity index (χ1n) is 8.44. The number of nitrogens with one attached hydrogen (secondary N) is 2. The Labute approximate surface area is 160 Å². The van der Waals surface area contributed by atoms with E-state index in [0.29, 0.717) is 22.1 Å². The summed E-state index contributed by atoms with van der Waals surface area (Å²) < 4.78 is 5.24. The molecule has 2 N–H and O–H groups in total. The number of pyridine rings is 1. The number of thioether (sulfide) groups is 1. The molecule has 2 aromatic heterocycles. The molecular weight excluding hydrogens is 360 g/mol. The highest BCUT2D eigenvalue weighted by atomic mass is 32.2. The molecule has 0 spiro atoms. The number of benzene rings is 2. The van der Waals surface area contributed by atoms with Crippen molar-refractivity contribution in [1.29, 1.82) is 0 Å². The normalized spacial score (nSPS) is 11.0. The quantitative estimate of drug-likeness (QED) is 0.514. The van der Waals surface area contributed by atoms with E-state index in [1.807, 2.05) is 49.4 Å². The molecule has 6 nitrogen and oxygen atoms in total. The van der Waals surface area contributed by atoms with E-state index >= 15 is 0 Å². The lowest BCUT2D eigenvalue weighted by Crippen LogP contribution is -2.04. The minimum absolute atomic E-state index is 0.0232. The number of fused-ring (bicyclic) bond motifs is 1. The van der Waals surface area contributed by atoms with Gasteiger partial charge in [0.25, 0.3) is 0 Å². The molecule has 136 valence electrons. The van der Waals surface area contributed by atoms with Gasteiger partial charge in [-0.25, -0.2) is 4.98 Å². The molecule has 2 aromatic carbocycles. The number of methoxy groups -OCH3 is 1. The smallest absolute Gasteiger partial charge is 0.209 e. The predicted octanol–water partition coefficient (Wildman–Crippen LogP) is 3.92. The molecule has 0 radical (unpaired) electrons. The minimum atomic E-state index is 0.0232. The van der Waals surface area contributed by atoms with Gasteiger partial charge in [0.1, 0.15) is 5.75 Å². The predicted molar refractivity (Wildman–Crippen MR) is 107 cm³/mol. The van der Waals surface area contributed by atoms with E-state index in [0.717, 1.165) is 28.1 Å². The maximum atomic E-state index is 12.3. The Bertz CT molecular complexity index is 1170. The van der Waals surface area contributed by atoms with Gasteiger partial charge in [0.2, 0.25) is 5.16 Å². The largest absolute Gasteiger partial charge is 0.497 e. The number of ether oxygens (including phenoxy) is 1. The highest BCUT2D eigenvalue weighted by Gasteiger charge is 2.09. The van der Waals surface area contributed by atoms with E-state index in [-0.39, 0.29) is 5.43 Å². The highest BCUT2D eigenvalue weighted by molar-refractivity contribution is 7.98. The fourth-order valence-corrected chi connectivity index (χ4v) is 3.55. The van der Waals surface area contributed by atoms with Gasteiger partial charge in [0.05, 0.1) is 7.11 Å². The first kappa shape index (κ1) is 17.4.